The molecule has 1 atom stereocenters. The van der Waals surface area contributed by atoms with E-state index in [1.807, 2.05) is 6.26 Å². The lowest BCUT2D eigenvalue weighted by atomic mass is 9.98. The van der Waals surface area contributed by atoms with Crippen molar-refractivity contribution in [1.82, 2.24) is 9.97 Å². The molecule has 0 aliphatic carbocycles. The van der Waals surface area contributed by atoms with E-state index in [4.69, 9.17) is 4.98 Å². The molecule has 1 aromatic rings. The standard InChI is InChI=1S/C15H26N4S/c1-4-8-12-9-6-7-10-19(12)14-11-13(16-5-2)17-15(18-14)20-3/h11-12H,4-10H2,1-3H3,(H,16,17,18). The Morgan fingerprint density at radius 3 is 2.90 bits per heavy atom. The van der Waals surface area contributed by atoms with Crippen LogP contribution in [-0.4, -0.2) is 35.4 Å². The summed E-state index contributed by atoms with van der Waals surface area (Å²) in [5.41, 5.74) is 0. The molecule has 0 radical (unpaired) electrons. The Morgan fingerprint density at radius 2 is 2.20 bits per heavy atom. The van der Waals surface area contributed by atoms with Crippen LogP contribution >= 0.6 is 11.8 Å². The molecule has 1 aliphatic rings. The molecule has 0 saturated carbocycles. The van der Waals surface area contributed by atoms with Gasteiger partial charge in [-0.2, -0.15) is 0 Å². The van der Waals surface area contributed by atoms with E-state index >= 15 is 0 Å². The average Bonchev–Trinajstić information content (AvgIpc) is 2.48. The number of rotatable bonds is 6. The van der Waals surface area contributed by atoms with Crippen molar-refractivity contribution >= 4 is 23.4 Å². The van der Waals surface area contributed by atoms with Crippen molar-refractivity contribution in [3.05, 3.63) is 6.07 Å². The summed E-state index contributed by atoms with van der Waals surface area (Å²) in [4.78, 5) is 11.7. The van der Waals surface area contributed by atoms with Crippen LogP contribution in [0.4, 0.5) is 11.6 Å². The van der Waals surface area contributed by atoms with Crippen LogP contribution in [-0.2, 0) is 0 Å². The summed E-state index contributed by atoms with van der Waals surface area (Å²) >= 11 is 1.61. The molecule has 1 N–H and O–H groups in total. The first-order valence-corrected chi connectivity index (χ1v) is 8.94. The molecule has 0 aromatic carbocycles. The fourth-order valence-electron chi connectivity index (χ4n) is 2.86. The van der Waals surface area contributed by atoms with Crippen LogP contribution in [0.25, 0.3) is 0 Å². The summed E-state index contributed by atoms with van der Waals surface area (Å²) in [6.07, 6.45) is 8.45. The summed E-state index contributed by atoms with van der Waals surface area (Å²) in [6.45, 7) is 6.38. The van der Waals surface area contributed by atoms with Crippen molar-refractivity contribution in [2.45, 2.75) is 57.1 Å². The minimum atomic E-state index is 0.646. The first-order chi connectivity index (χ1) is 9.78. The van der Waals surface area contributed by atoms with Crippen LogP contribution in [0.15, 0.2) is 11.2 Å². The highest BCUT2D eigenvalue weighted by Crippen LogP contribution is 2.28. The number of thioether (sulfide) groups is 1. The van der Waals surface area contributed by atoms with Gasteiger partial charge in [-0.1, -0.05) is 25.1 Å². The zero-order valence-electron chi connectivity index (χ0n) is 12.9. The summed E-state index contributed by atoms with van der Waals surface area (Å²) < 4.78 is 0. The van der Waals surface area contributed by atoms with E-state index in [0.29, 0.717) is 6.04 Å². The van der Waals surface area contributed by atoms with Crippen LogP contribution < -0.4 is 10.2 Å². The zero-order chi connectivity index (χ0) is 14.4. The zero-order valence-corrected chi connectivity index (χ0v) is 13.7. The van der Waals surface area contributed by atoms with Gasteiger partial charge in [0.05, 0.1) is 0 Å². The maximum atomic E-state index is 4.73. The summed E-state index contributed by atoms with van der Waals surface area (Å²) in [5.74, 6) is 2.04. The highest BCUT2D eigenvalue weighted by molar-refractivity contribution is 7.98. The van der Waals surface area contributed by atoms with Crippen molar-refractivity contribution in [3.8, 4) is 0 Å². The van der Waals surface area contributed by atoms with E-state index < -0.39 is 0 Å². The number of nitrogens with zero attached hydrogens (tertiary/aromatic N) is 3. The third kappa shape index (κ3) is 3.78. The SMILES string of the molecule is CCCC1CCCCN1c1cc(NCC)nc(SC)n1. The Balaban J connectivity index is 2.26. The van der Waals surface area contributed by atoms with Crippen molar-refractivity contribution in [1.29, 1.82) is 0 Å². The van der Waals surface area contributed by atoms with Gasteiger partial charge in [-0.15, -0.1) is 0 Å². The van der Waals surface area contributed by atoms with Crippen molar-refractivity contribution in [2.75, 3.05) is 29.6 Å². The smallest absolute Gasteiger partial charge is 0.191 e. The normalized spacial score (nSPS) is 19.1. The number of hydrogen-bond acceptors (Lipinski definition) is 5. The number of aromatic nitrogens is 2. The maximum absolute atomic E-state index is 4.73. The van der Waals surface area contributed by atoms with Gasteiger partial charge in [0.15, 0.2) is 5.16 Å². The van der Waals surface area contributed by atoms with Crippen molar-refractivity contribution in [3.63, 3.8) is 0 Å². The lowest BCUT2D eigenvalue weighted by molar-refractivity contribution is 0.431. The molecule has 2 rings (SSSR count). The Kier molecular flexibility index (Phi) is 5.95. The maximum Gasteiger partial charge on any atom is 0.191 e. The lowest BCUT2D eigenvalue weighted by Crippen LogP contribution is -2.40. The first-order valence-electron chi connectivity index (χ1n) is 7.72. The molecular formula is C15H26N4S. The van der Waals surface area contributed by atoms with E-state index in [0.717, 1.165) is 29.9 Å². The quantitative estimate of drug-likeness (QED) is 0.638. The molecule has 1 aliphatic heterocycles. The van der Waals surface area contributed by atoms with Gasteiger partial charge in [0.2, 0.25) is 0 Å². The Labute approximate surface area is 126 Å². The molecule has 1 unspecified atom stereocenters. The molecule has 20 heavy (non-hydrogen) atoms. The van der Waals surface area contributed by atoms with Gasteiger partial charge in [0.25, 0.3) is 0 Å². The second kappa shape index (κ2) is 7.72. The fraction of sp³-hybridized carbons (Fsp3) is 0.733. The molecule has 2 heterocycles. The van der Waals surface area contributed by atoms with E-state index in [1.165, 1.54) is 32.1 Å². The topological polar surface area (TPSA) is 41.0 Å². The Hall–Kier alpha value is -0.970. The molecule has 0 bridgehead atoms. The average molecular weight is 294 g/mol. The monoisotopic (exact) mass is 294 g/mol. The van der Waals surface area contributed by atoms with Gasteiger partial charge < -0.3 is 10.2 Å². The first kappa shape index (κ1) is 15.4. The molecule has 1 saturated heterocycles. The van der Waals surface area contributed by atoms with Gasteiger partial charge >= 0.3 is 0 Å². The predicted molar refractivity (Wildman–Crippen MR) is 87.9 cm³/mol. The van der Waals surface area contributed by atoms with E-state index in [9.17, 15) is 0 Å². The highest BCUT2D eigenvalue weighted by atomic mass is 32.2. The number of nitrogens with one attached hydrogen (secondary N) is 1. The second-order valence-corrected chi connectivity index (χ2v) is 6.03. The molecule has 112 valence electrons. The van der Waals surface area contributed by atoms with Crippen LogP contribution in [0.1, 0.15) is 46.0 Å². The third-order valence-corrected chi connectivity index (χ3v) is 4.32. The van der Waals surface area contributed by atoms with Crippen LogP contribution in [0.5, 0.6) is 0 Å². The van der Waals surface area contributed by atoms with E-state index in [-0.39, 0.29) is 0 Å². The van der Waals surface area contributed by atoms with E-state index in [2.05, 4.69) is 35.1 Å². The lowest BCUT2D eigenvalue weighted by Gasteiger charge is -2.37. The minimum Gasteiger partial charge on any atom is -0.370 e. The number of hydrogen-bond donors (Lipinski definition) is 1. The molecule has 1 aromatic heterocycles. The van der Waals surface area contributed by atoms with Crippen LogP contribution in [0, 0.1) is 0 Å². The minimum absolute atomic E-state index is 0.646. The molecule has 5 heteroatoms. The summed E-state index contributed by atoms with van der Waals surface area (Å²) in [5, 5.41) is 4.18. The molecule has 4 nitrogen and oxygen atoms in total. The van der Waals surface area contributed by atoms with Gasteiger partial charge in [-0.05, 0) is 38.9 Å². The van der Waals surface area contributed by atoms with Gasteiger partial charge in [0, 0.05) is 25.2 Å². The molecule has 0 amide bonds. The number of piperidine rings is 1. The Bertz CT molecular complexity index is 422. The largest absolute Gasteiger partial charge is 0.370 e. The van der Waals surface area contributed by atoms with Gasteiger partial charge in [-0.3, -0.25) is 0 Å². The van der Waals surface area contributed by atoms with E-state index in [1.54, 1.807) is 11.8 Å². The van der Waals surface area contributed by atoms with Crippen LogP contribution in [0.3, 0.4) is 0 Å². The second-order valence-electron chi connectivity index (χ2n) is 5.26. The number of anilines is 2. The van der Waals surface area contributed by atoms with Crippen molar-refractivity contribution in [2.24, 2.45) is 0 Å². The van der Waals surface area contributed by atoms with Crippen molar-refractivity contribution < 1.29 is 0 Å². The summed E-state index contributed by atoms with van der Waals surface area (Å²) in [7, 11) is 0. The fourth-order valence-corrected chi connectivity index (χ4v) is 3.23. The van der Waals surface area contributed by atoms with Gasteiger partial charge in [0.1, 0.15) is 11.6 Å². The van der Waals surface area contributed by atoms with Crippen LogP contribution in [0.2, 0.25) is 0 Å². The Morgan fingerprint density at radius 1 is 1.35 bits per heavy atom. The van der Waals surface area contributed by atoms with Gasteiger partial charge in [-0.25, -0.2) is 9.97 Å². The molecule has 0 spiro atoms. The summed E-state index contributed by atoms with van der Waals surface area (Å²) in [6, 6.07) is 2.75. The molecule has 1 fully saturated rings. The predicted octanol–water partition coefficient (Wildman–Crippen LogP) is 3.79. The third-order valence-electron chi connectivity index (χ3n) is 3.78. The molecular weight excluding hydrogens is 268 g/mol. The highest BCUT2D eigenvalue weighted by Gasteiger charge is 2.23.